The van der Waals surface area contributed by atoms with Crippen LogP contribution in [0.5, 0.6) is 5.75 Å². The highest BCUT2D eigenvalue weighted by Crippen LogP contribution is 2.30. The third kappa shape index (κ3) is 5.39. The maximum absolute atomic E-state index is 12.8. The van der Waals surface area contributed by atoms with Crippen LogP contribution >= 0.6 is 0 Å². The number of imide groups is 1. The van der Waals surface area contributed by atoms with Crippen LogP contribution in [0.25, 0.3) is 11.1 Å². The number of nitriles is 1. The number of carbonyl (C=O) groups excluding carboxylic acids is 2. The van der Waals surface area contributed by atoms with Gasteiger partial charge in [-0.2, -0.15) is 5.26 Å². The maximum Gasteiger partial charge on any atom is 0.416 e. The molecule has 0 bridgehead atoms. The molecule has 33 heavy (non-hydrogen) atoms. The van der Waals surface area contributed by atoms with Gasteiger partial charge in [-0.05, 0) is 42.2 Å². The van der Waals surface area contributed by atoms with Crippen molar-refractivity contribution in [2.45, 2.75) is 25.3 Å². The number of cyclic esters (lactones) is 1. The Morgan fingerprint density at radius 2 is 1.76 bits per heavy atom. The van der Waals surface area contributed by atoms with E-state index >= 15 is 0 Å². The number of ether oxygens (including phenoxy) is 2. The minimum Gasteiger partial charge on any atom is -0.493 e. The molecule has 6 nitrogen and oxygen atoms in total. The standard InChI is InChI=1S/C27H24N2O4/c28-18-21-12-14-22(15-13-21)24-9-4-5-10-25(24)32-16-6-11-26(30)29-23(19-33-27(29)31)17-20-7-2-1-3-8-20/h1-5,7-10,12-15,23H,6,11,16-17,19H2. The Kier molecular flexibility index (Phi) is 7.01. The minimum atomic E-state index is -0.576. The second-order valence-electron chi connectivity index (χ2n) is 7.82. The molecular formula is C27H24N2O4. The van der Waals surface area contributed by atoms with Crippen LogP contribution < -0.4 is 4.74 Å². The highest BCUT2D eigenvalue weighted by atomic mass is 16.6. The van der Waals surface area contributed by atoms with Gasteiger partial charge in [0, 0.05) is 12.0 Å². The summed E-state index contributed by atoms with van der Waals surface area (Å²) in [4.78, 5) is 26.2. The molecule has 2 amide bonds. The first-order chi connectivity index (χ1) is 16.2. The van der Waals surface area contributed by atoms with Gasteiger partial charge in [0.2, 0.25) is 5.91 Å². The lowest BCUT2D eigenvalue weighted by Gasteiger charge is -2.20. The molecule has 1 atom stereocenters. The number of carbonyl (C=O) groups is 2. The van der Waals surface area contributed by atoms with Crippen LogP contribution in [0, 0.1) is 11.3 Å². The molecule has 1 fully saturated rings. The van der Waals surface area contributed by atoms with Crippen molar-refractivity contribution in [3.8, 4) is 22.9 Å². The summed E-state index contributed by atoms with van der Waals surface area (Å²) in [5.74, 6) is 0.458. The maximum atomic E-state index is 12.8. The summed E-state index contributed by atoms with van der Waals surface area (Å²) in [5, 5.41) is 8.99. The van der Waals surface area contributed by atoms with Gasteiger partial charge >= 0.3 is 6.09 Å². The Balaban J connectivity index is 1.33. The predicted octanol–water partition coefficient (Wildman–Crippen LogP) is 4.97. The molecular weight excluding hydrogens is 416 g/mol. The average Bonchev–Trinajstić information content (AvgIpc) is 3.22. The monoisotopic (exact) mass is 440 g/mol. The van der Waals surface area contributed by atoms with Crippen LogP contribution in [0.2, 0.25) is 0 Å². The average molecular weight is 440 g/mol. The molecule has 0 saturated carbocycles. The van der Waals surface area contributed by atoms with E-state index in [0.29, 0.717) is 30.8 Å². The van der Waals surface area contributed by atoms with Gasteiger partial charge in [0.05, 0.1) is 24.3 Å². The molecule has 0 aliphatic carbocycles. The second kappa shape index (κ2) is 10.5. The zero-order chi connectivity index (χ0) is 23.0. The van der Waals surface area contributed by atoms with Gasteiger partial charge in [-0.1, -0.05) is 60.7 Å². The summed E-state index contributed by atoms with van der Waals surface area (Å²) in [6.45, 7) is 0.555. The summed E-state index contributed by atoms with van der Waals surface area (Å²) in [6, 6.07) is 26.5. The molecule has 3 aromatic rings. The van der Waals surface area contributed by atoms with Crippen molar-refractivity contribution in [2.75, 3.05) is 13.2 Å². The van der Waals surface area contributed by atoms with E-state index in [1.54, 1.807) is 12.1 Å². The third-order valence-electron chi connectivity index (χ3n) is 5.55. The molecule has 166 valence electrons. The van der Waals surface area contributed by atoms with E-state index < -0.39 is 6.09 Å². The van der Waals surface area contributed by atoms with Crippen LogP contribution in [0.15, 0.2) is 78.9 Å². The second-order valence-corrected chi connectivity index (χ2v) is 7.82. The summed E-state index contributed by atoms with van der Waals surface area (Å²) in [6.07, 6.45) is 0.669. The normalized spacial score (nSPS) is 15.1. The first kappa shape index (κ1) is 22.1. The zero-order valence-corrected chi connectivity index (χ0v) is 18.1. The Bertz CT molecular complexity index is 1150. The van der Waals surface area contributed by atoms with Crippen molar-refractivity contribution in [1.82, 2.24) is 4.90 Å². The number of para-hydroxylation sites is 1. The number of hydrogen-bond acceptors (Lipinski definition) is 5. The number of hydrogen-bond donors (Lipinski definition) is 0. The molecule has 1 aliphatic heterocycles. The zero-order valence-electron chi connectivity index (χ0n) is 18.1. The van der Waals surface area contributed by atoms with Gasteiger partial charge in [-0.15, -0.1) is 0 Å². The smallest absolute Gasteiger partial charge is 0.416 e. The highest BCUT2D eigenvalue weighted by Gasteiger charge is 2.37. The molecule has 3 aromatic carbocycles. The van der Waals surface area contributed by atoms with Crippen molar-refractivity contribution in [2.24, 2.45) is 0 Å². The Hall–Kier alpha value is -4.11. The van der Waals surface area contributed by atoms with Gasteiger partial charge in [0.1, 0.15) is 12.4 Å². The summed E-state index contributed by atoms with van der Waals surface area (Å²) in [5.41, 5.74) is 3.52. The summed E-state index contributed by atoms with van der Waals surface area (Å²) in [7, 11) is 0. The number of nitrogens with zero attached hydrogens (tertiary/aromatic N) is 2. The summed E-state index contributed by atoms with van der Waals surface area (Å²) < 4.78 is 11.1. The van der Waals surface area contributed by atoms with E-state index in [2.05, 4.69) is 6.07 Å². The Morgan fingerprint density at radius 3 is 2.52 bits per heavy atom. The molecule has 1 saturated heterocycles. The quantitative estimate of drug-likeness (QED) is 0.462. The first-order valence-electron chi connectivity index (χ1n) is 10.9. The van der Waals surface area contributed by atoms with E-state index in [-0.39, 0.29) is 25.0 Å². The van der Waals surface area contributed by atoms with Crippen molar-refractivity contribution < 1.29 is 19.1 Å². The molecule has 1 unspecified atom stereocenters. The van der Waals surface area contributed by atoms with E-state index in [9.17, 15) is 9.59 Å². The van der Waals surface area contributed by atoms with Gasteiger partial charge in [-0.25, -0.2) is 9.69 Å². The Labute approximate surface area is 193 Å². The fourth-order valence-corrected chi connectivity index (χ4v) is 3.88. The number of benzene rings is 3. The van der Waals surface area contributed by atoms with Gasteiger partial charge < -0.3 is 9.47 Å². The van der Waals surface area contributed by atoms with E-state index in [4.69, 9.17) is 14.7 Å². The van der Waals surface area contributed by atoms with E-state index in [0.717, 1.165) is 16.7 Å². The van der Waals surface area contributed by atoms with Gasteiger partial charge in [0.15, 0.2) is 0 Å². The van der Waals surface area contributed by atoms with Crippen LogP contribution in [-0.4, -0.2) is 36.2 Å². The predicted molar refractivity (Wildman–Crippen MR) is 123 cm³/mol. The lowest BCUT2D eigenvalue weighted by atomic mass is 10.0. The SMILES string of the molecule is N#Cc1ccc(-c2ccccc2OCCCC(=O)N2C(=O)OCC2Cc2ccccc2)cc1. The largest absolute Gasteiger partial charge is 0.493 e. The van der Waals surface area contributed by atoms with Crippen molar-refractivity contribution in [3.63, 3.8) is 0 Å². The van der Waals surface area contributed by atoms with Gasteiger partial charge in [0.25, 0.3) is 0 Å². The van der Waals surface area contributed by atoms with Crippen molar-refractivity contribution >= 4 is 12.0 Å². The molecule has 0 radical (unpaired) electrons. The fourth-order valence-electron chi connectivity index (χ4n) is 3.88. The molecule has 6 heteroatoms. The number of rotatable bonds is 8. The Morgan fingerprint density at radius 1 is 1.03 bits per heavy atom. The molecule has 4 rings (SSSR count). The van der Waals surface area contributed by atoms with Crippen molar-refractivity contribution in [1.29, 1.82) is 5.26 Å². The fraction of sp³-hybridized carbons (Fsp3) is 0.222. The molecule has 0 spiro atoms. The summed E-state index contributed by atoms with van der Waals surface area (Å²) >= 11 is 0. The van der Waals surface area contributed by atoms with Crippen LogP contribution in [0.4, 0.5) is 4.79 Å². The minimum absolute atomic E-state index is 0.194. The van der Waals surface area contributed by atoms with E-state index in [1.165, 1.54) is 4.90 Å². The topological polar surface area (TPSA) is 79.6 Å². The van der Waals surface area contributed by atoms with Crippen LogP contribution in [0.3, 0.4) is 0 Å². The van der Waals surface area contributed by atoms with E-state index in [1.807, 2.05) is 66.7 Å². The van der Waals surface area contributed by atoms with Crippen LogP contribution in [0.1, 0.15) is 24.0 Å². The first-order valence-corrected chi connectivity index (χ1v) is 10.9. The third-order valence-corrected chi connectivity index (χ3v) is 5.55. The molecule has 1 heterocycles. The van der Waals surface area contributed by atoms with Gasteiger partial charge in [-0.3, -0.25) is 4.79 Å². The lowest BCUT2D eigenvalue weighted by Crippen LogP contribution is -2.40. The number of amides is 2. The van der Waals surface area contributed by atoms with Crippen molar-refractivity contribution in [3.05, 3.63) is 90.0 Å². The molecule has 0 aromatic heterocycles. The molecule has 0 N–H and O–H groups in total. The lowest BCUT2D eigenvalue weighted by molar-refractivity contribution is -0.129. The van der Waals surface area contributed by atoms with Crippen LogP contribution in [-0.2, 0) is 16.0 Å². The highest BCUT2D eigenvalue weighted by molar-refractivity contribution is 5.93. The molecule has 1 aliphatic rings.